The van der Waals surface area contributed by atoms with Crippen molar-refractivity contribution in [2.45, 2.75) is 33.2 Å². The average molecular weight is 372 g/mol. The van der Waals surface area contributed by atoms with E-state index in [4.69, 9.17) is 5.26 Å². The maximum absolute atomic E-state index is 13.1. The Labute approximate surface area is 165 Å². The first-order valence-corrected chi connectivity index (χ1v) is 9.30. The molecule has 2 aromatic carbocycles. The Morgan fingerprint density at radius 3 is 2.57 bits per heavy atom. The van der Waals surface area contributed by atoms with E-state index in [0.717, 1.165) is 16.9 Å². The molecule has 0 atom stereocenters. The van der Waals surface area contributed by atoms with Crippen molar-refractivity contribution < 1.29 is 4.79 Å². The summed E-state index contributed by atoms with van der Waals surface area (Å²) in [5.41, 5.74) is 5.14. The number of aromatic nitrogens is 2. The molecule has 3 rings (SSSR count). The highest BCUT2D eigenvalue weighted by Gasteiger charge is 2.23. The number of carbonyl (C=O) groups is 1. The van der Waals surface area contributed by atoms with Crippen LogP contribution in [-0.4, -0.2) is 27.6 Å². The average Bonchev–Trinajstić information content (AvgIpc) is 3.13. The Balaban J connectivity index is 1.90. The summed E-state index contributed by atoms with van der Waals surface area (Å²) in [6, 6.07) is 17.6. The smallest absolute Gasteiger partial charge is 0.257 e. The van der Waals surface area contributed by atoms with Crippen LogP contribution in [0.2, 0.25) is 0 Å². The van der Waals surface area contributed by atoms with Crippen LogP contribution in [-0.2, 0) is 6.54 Å². The zero-order chi connectivity index (χ0) is 20.3. The van der Waals surface area contributed by atoms with Gasteiger partial charge in [-0.05, 0) is 42.7 Å². The minimum Gasteiger partial charge on any atom is -0.337 e. The molecule has 0 aliphatic heterocycles. The van der Waals surface area contributed by atoms with Crippen molar-refractivity contribution in [1.82, 2.24) is 14.7 Å². The minimum atomic E-state index is -0.0792. The Bertz CT molecular complexity index is 1030. The lowest BCUT2D eigenvalue weighted by atomic mass is 10.0. The quantitative estimate of drug-likeness (QED) is 0.665. The van der Waals surface area contributed by atoms with E-state index in [1.165, 1.54) is 5.56 Å². The monoisotopic (exact) mass is 372 g/mol. The summed E-state index contributed by atoms with van der Waals surface area (Å²) in [5, 5.41) is 13.6. The summed E-state index contributed by atoms with van der Waals surface area (Å²) in [4.78, 5) is 14.8. The normalized spacial score (nSPS) is 10.7. The maximum Gasteiger partial charge on any atom is 0.257 e. The van der Waals surface area contributed by atoms with Crippen LogP contribution in [0.3, 0.4) is 0 Å². The van der Waals surface area contributed by atoms with Gasteiger partial charge in [-0.1, -0.05) is 43.7 Å². The number of hydrogen-bond donors (Lipinski definition) is 0. The molecule has 0 aliphatic carbocycles. The fourth-order valence-electron chi connectivity index (χ4n) is 3.26. The Morgan fingerprint density at radius 1 is 1.21 bits per heavy atom. The molecule has 0 radical (unpaired) electrons. The first kappa shape index (κ1) is 19.4. The molecule has 1 amide bonds. The van der Waals surface area contributed by atoms with Crippen molar-refractivity contribution in [2.75, 3.05) is 7.05 Å². The van der Waals surface area contributed by atoms with E-state index < -0.39 is 0 Å². The number of amides is 1. The number of aryl methyl sites for hydroxylation is 1. The molecule has 1 heterocycles. The lowest BCUT2D eigenvalue weighted by molar-refractivity contribution is 0.0783. The first-order valence-electron chi connectivity index (χ1n) is 9.30. The molecule has 5 heteroatoms. The molecule has 0 saturated heterocycles. The molecule has 0 aliphatic rings. The third-order valence-electron chi connectivity index (χ3n) is 4.68. The van der Waals surface area contributed by atoms with Crippen molar-refractivity contribution in [1.29, 1.82) is 5.26 Å². The predicted molar refractivity (Wildman–Crippen MR) is 109 cm³/mol. The van der Waals surface area contributed by atoms with Crippen LogP contribution in [0, 0.1) is 18.3 Å². The van der Waals surface area contributed by atoms with Crippen LogP contribution in [0.25, 0.3) is 5.69 Å². The predicted octanol–water partition coefficient (Wildman–Crippen LogP) is 4.45. The third kappa shape index (κ3) is 3.96. The van der Waals surface area contributed by atoms with Gasteiger partial charge in [-0.3, -0.25) is 4.79 Å². The van der Waals surface area contributed by atoms with Crippen molar-refractivity contribution >= 4 is 5.91 Å². The number of hydrogen-bond acceptors (Lipinski definition) is 3. The highest BCUT2D eigenvalue weighted by Crippen LogP contribution is 2.24. The Hall–Kier alpha value is -3.39. The second-order valence-electron chi connectivity index (χ2n) is 7.32. The molecule has 0 saturated carbocycles. The first-order chi connectivity index (χ1) is 13.4. The van der Waals surface area contributed by atoms with Gasteiger partial charge in [-0.25, -0.2) is 4.68 Å². The number of carbonyl (C=O) groups excluding carboxylic acids is 1. The van der Waals surface area contributed by atoms with Gasteiger partial charge in [0.15, 0.2) is 0 Å². The van der Waals surface area contributed by atoms with E-state index in [2.05, 4.69) is 25.0 Å². The van der Waals surface area contributed by atoms with E-state index in [1.54, 1.807) is 24.2 Å². The van der Waals surface area contributed by atoms with Crippen LogP contribution in [0.5, 0.6) is 0 Å². The minimum absolute atomic E-state index is 0.0792. The second kappa shape index (κ2) is 8.10. The van der Waals surface area contributed by atoms with Gasteiger partial charge in [0.05, 0.1) is 34.8 Å². The van der Waals surface area contributed by atoms with Crippen LogP contribution >= 0.6 is 0 Å². The second-order valence-corrected chi connectivity index (χ2v) is 7.32. The molecule has 0 spiro atoms. The van der Waals surface area contributed by atoms with E-state index in [-0.39, 0.29) is 11.8 Å². The van der Waals surface area contributed by atoms with Gasteiger partial charge in [0, 0.05) is 13.6 Å². The Morgan fingerprint density at radius 2 is 1.93 bits per heavy atom. The number of benzene rings is 2. The van der Waals surface area contributed by atoms with Gasteiger partial charge >= 0.3 is 0 Å². The number of rotatable bonds is 5. The van der Waals surface area contributed by atoms with E-state index in [0.29, 0.717) is 17.7 Å². The number of nitrogens with zero attached hydrogens (tertiary/aromatic N) is 4. The standard InChI is InChI=1S/C23H24N4O/c1-16(2)22-21(14-25-27(22)20-10-8-17(3)9-11-20)23(28)26(4)15-19-7-5-6-18(12-19)13-24/h5-12,14,16H,15H2,1-4H3. The highest BCUT2D eigenvalue weighted by atomic mass is 16.2. The highest BCUT2D eigenvalue weighted by molar-refractivity contribution is 5.95. The summed E-state index contributed by atoms with van der Waals surface area (Å²) in [6.07, 6.45) is 1.65. The van der Waals surface area contributed by atoms with E-state index >= 15 is 0 Å². The van der Waals surface area contributed by atoms with E-state index in [1.807, 2.05) is 54.1 Å². The van der Waals surface area contributed by atoms with Crippen molar-refractivity contribution in [2.24, 2.45) is 0 Å². The molecule has 28 heavy (non-hydrogen) atoms. The van der Waals surface area contributed by atoms with Gasteiger partial charge in [-0.2, -0.15) is 10.4 Å². The molecule has 1 aromatic heterocycles. The molecule has 0 fully saturated rings. The molecule has 142 valence electrons. The van der Waals surface area contributed by atoms with E-state index in [9.17, 15) is 4.79 Å². The van der Waals surface area contributed by atoms with Crippen LogP contribution < -0.4 is 0 Å². The molecule has 0 bridgehead atoms. The molecule has 0 unspecified atom stereocenters. The molecular weight excluding hydrogens is 348 g/mol. The molecule has 5 nitrogen and oxygen atoms in total. The SMILES string of the molecule is Cc1ccc(-n2ncc(C(=O)N(C)Cc3cccc(C#N)c3)c2C(C)C)cc1. The van der Waals surface area contributed by atoms with Crippen LogP contribution in [0.15, 0.2) is 54.7 Å². The van der Waals surface area contributed by atoms with Gasteiger partial charge in [0.1, 0.15) is 0 Å². The molecular formula is C23H24N4O. The van der Waals surface area contributed by atoms with Crippen molar-refractivity contribution in [3.05, 3.63) is 82.7 Å². The Kier molecular flexibility index (Phi) is 5.60. The summed E-state index contributed by atoms with van der Waals surface area (Å²) < 4.78 is 1.85. The summed E-state index contributed by atoms with van der Waals surface area (Å²) in [6.45, 7) is 6.60. The van der Waals surface area contributed by atoms with Crippen LogP contribution in [0.1, 0.15) is 52.5 Å². The number of nitriles is 1. The summed E-state index contributed by atoms with van der Waals surface area (Å²) in [5.74, 6) is 0.0579. The van der Waals surface area contributed by atoms with Gasteiger partial charge in [0.25, 0.3) is 5.91 Å². The van der Waals surface area contributed by atoms with Crippen LogP contribution in [0.4, 0.5) is 0 Å². The lowest BCUT2D eigenvalue weighted by Gasteiger charge is -2.19. The topological polar surface area (TPSA) is 61.9 Å². The third-order valence-corrected chi connectivity index (χ3v) is 4.68. The fraction of sp³-hybridized carbons (Fsp3) is 0.261. The maximum atomic E-state index is 13.1. The fourth-order valence-corrected chi connectivity index (χ4v) is 3.26. The van der Waals surface area contributed by atoms with Gasteiger partial charge < -0.3 is 4.90 Å². The lowest BCUT2D eigenvalue weighted by Crippen LogP contribution is -2.27. The largest absolute Gasteiger partial charge is 0.337 e. The van der Waals surface area contributed by atoms with Crippen molar-refractivity contribution in [3.63, 3.8) is 0 Å². The van der Waals surface area contributed by atoms with Gasteiger partial charge in [0.2, 0.25) is 0 Å². The molecule has 3 aromatic rings. The summed E-state index contributed by atoms with van der Waals surface area (Å²) in [7, 11) is 1.77. The van der Waals surface area contributed by atoms with Gasteiger partial charge in [-0.15, -0.1) is 0 Å². The van der Waals surface area contributed by atoms with Crippen molar-refractivity contribution in [3.8, 4) is 11.8 Å². The molecule has 0 N–H and O–H groups in total. The zero-order valence-corrected chi connectivity index (χ0v) is 16.7. The zero-order valence-electron chi connectivity index (χ0n) is 16.7. The summed E-state index contributed by atoms with van der Waals surface area (Å²) >= 11 is 0.